The molecule has 1 aromatic carbocycles. The number of benzene rings is 1. The predicted octanol–water partition coefficient (Wildman–Crippen LogP) is 3.99. The van der Waals surface area contributed by atoms with Crippen LogP contribution < -0.4 is 5.32 Å². The van der Waals surface area contributed by atoms with E-state index in [0.717, 1.165) is 11.2 Å². The average molecular weight is 242 g/mol. The minimum atomic E-state index is 0.427. The first-order valence-corrected chi connectivity index (χ1v) is 6.79. The van der Waals surface area contributed by atoms with Crippen molar-refractivity contribution in [1.29, 1.82) is 0 Å². The molecule has 1 heterocycles. The number of fused-ring (bicyclic) bond motifs is 1. The van der Waals surface area contributed by atoms with E-state index in [1.807, 2.05) is 7.05 Å². The molecule has 0 saturated carbocycles. The molecule has 0 amide bonds. The second-order valence-corrected chi connectivity index (χ2v) is 4.85. The van der Waals surface area contributed by atoms with Gasteiger partial charge in [0.25, 0.3) is 0 Å². The number of nitrogens with zero attached hydrogens (tertiary/aromatic N) is 1. The molecule has 0 spiro atoms. The lowest BCUT2D eigenvalue weighted by Crippen LogP contribution is -2.17. The third kappa shape index (κ3) is 2.70. The molecule has 2 rings (SSSR count). The summed E-state index contributed by atoms with van der Waals surface area (Å²) < 4.78 is 0. The van der Waals surface area contributed by atoms with Gasteiger partial charge in [-0.3, -0.25) is 4.98 Å². The van der Waals surface area contributed by atoms with Gasteiger partial charge in [-0.2, -0.15) is 0 Å². The van der Waals surface area contributed by atoms with E-state index in [9.17, 15) is 0 Å². The smallest absolute Gasteiger partial charge is 0.0708 e. The van der Waals surface area contributed by atoms with Crippen molar-refractivity contribution >= 4 is 10.9 Å². The fourth-order valence-electron chi connectivity index (χ4n) is 2.49. The molecule has 0 bridgehead atoms. The maximum atomic E-state index is 4.61. The molecule has 0 fully saturated rings. The Kier molecular flexibility index (Phi) is 4.32. The molecule has 2 aromatic rings. The Labute approximate surface area is 109 Å². The van der Waals surface area contributed by atoms with Crippen molar-refractivity contribution in [3.8, 4) is 0 Å². The first-order valence-electron chi connectivity index (χ1n) is 6.79. The van der Waals surface area contributed by atoms with Crippen molar-refractivity contribution in [2.24, 2.45) is 0 Å². The highest BCUT2D eigenvalue weighted by Crippen LogP contribution is 2.27. The van der Waals surface area contributed by atoms with Gasteiger partial charge in [-0.15, -0.1) is 0 Å². The molecule has 0 radical (unpaired) electrons. The summed E-state index contributed by atoms with van der Waals surface area (Å²) in [4.78, 5) is 4.61. The highest BCUT2D eigenvalue weighted by atomic mass is 14.9. The predicted molar refractivity (Wildman–Crippen MR) is 77.8 cm³/mol. The Hall–Kier alpha value is -1.41. The standard InChI is InChI=1S/C16H22N2/c1-4-5-9-15(17-3)14-11-12(2)18-16-10-7-6-8-13(14)16/h6-8,10-11,15,17H,4-5,9H2,1-3H3. The minimum Gasteiger partial charge on any atom is -0.313 e. The zero-order chi connectivity index (χ0) is 13.0. The number of hydrogen-bond donors (Lipinski definition) is 1. The zero-order valence-electron chi connectivity index (χ0n) is 11.5. The molecule has 1 aromatic heterocycles. The van der Waals surface area contributed by atoms with Crippen molar-refractivity contribution in [2.75, 3.05) is 7.05 Å². The number of para-hydroxylation sites is 1. The first kappa shape index (κ1) is 13.0. The van der Waals surface area contributed by atoms with Crippen LogP contribution in [-0.4, -0.2) is 12.0 Å². The number of hydrogen-bond acceptors (Lipinski definition) is 2. The number of rotatable bonds is 5. The molecule has 1 N–H and O–H groups in total. The fourth-order valence-corrected chi connectivity index (χ4v) is 2.49. The van der Waals surface area contributed by atoms with Crippen LogP contribution in [0, 0.1) is 6.92 Å². The van der Waals surface area contributed by atoms with Gasteiger partial charge in [-0.05, 0) is 38.1 Å². The number of aryl methyl sites for hydroxylation is 1. The molecule has 96 valence electrons. The SMILES string of the molecule is CCCCC(NC)c1cc(C)nc2ccccc12. The number of pyridine rings is 1. The lowest BCUT2D eigenvalue weighted by Gasteiger charge is -2.19. The largest absolute Gasteiger partial charge is 0.313 e. The molecular weight excluding hydrogens is 220 g/mol. The van der Waals surface area contributed by atoms with Crippen LogP contribution in [0.3, 0.4) is 0 Å². The molecule has 2 nitrogen and oxygen atoms in total. The molecule has 1 atom stereocenters. The summed E-state index contributed by atoms with van der Waals surface area (Å²) in [5.41, 5.74) is 3.58. The van der Waals surface area contributed by atoms with Crippen LogP contribution in [0.1, 0.15) is 43.5 Å². The Morgan fingerprint density at radius 1 is 1.28 bits per heavy atom. The number of unbranched alkanes of at least 4 members (excludes halogenated alkanes) is 1. The molecule has 0 aliphatic carbocycles. The Morgan fingerprint density at radius 3 is 2.78 bits per heavy atom. The van der Waals surface area contributed by atoms with Crippen LogP contribution in [-0.2, 0) is 0 Å². The van der Waals surface area contributed by atoms with Gasteiger partial charge < -0.3 is 5.32 Å². The van der Waals surface area contributed by atoms with Gasteiger partial charge in [-0.25, -0.2) is 0 Å². The summed E-state index contributed by atoms with van der Waals surface area (Å²) in [6.45, 7) is 4.31. The topological polar surface area (TPSA) is 24.9 Å². The zero-order valence-corrected chi connectivity index (χ0v) is 11.5. The lowest BCUT2D eigenvalue weighted by molar-refractivity contribution is 0.525. The summed E-state index contributed by atoms with van der Waals surface area (Å²) in [5.74, 6) is 0. The summed E-state index contributed by atoms with van der Waals surface area (Å²) in [7, 11) is 2.05. The second-order valence-electron chi connectivity index (χ2n) is 4.85. The number of nitrogens with one attached hydrogen (secondary N) is 1. The maximum Gasteiger partial charge on any atom is 0.0708 e. The normalized spacial score (nSPS) is 12.8. The van der Waals surface area contributed by atoms with Crippen LogP contribution >= 0.6 is 0 Å². The van der Waals surface area contributed by atoms with Crippen LogP contribution in [0.15, 0.2) is 30.3 Å². The third-order valence-corrected chi connectivity index (χ3v) is 3.45. The van der Waals surface area contributed by atoms with E-state index in [4.69, 9.17) is 0 Å². The van der Waals surface area contributed by atoms with E-state index in [1.165, 1.54) is 30.2 Å². The van der Waals surface area contributed by atoms with Crippen molar-refractivity contribution in [1.82, 2.24) is 10.3 Å². The van der Waals surface area contributed by atoms with Gasteiger partial charge in [0.2, 0.25) is 0 Å². The van der Waals surface area contributed by atoms with Gasteiger partial charge in [0.1, 0.15) is 0 Å². The van der Waals surface area contributed by atoms with E-state index in [1.54, 1.807) is 0 Å². The van der Waals surface area contributed by atoms with Gasteiger partial charge in [0.05, 0.1) is 5.52 Å². The van der Waals surface area contributed by atoms with Crippen molar-refractivity contribution in [2.45, 2.75) is 39.2 Å². The van der Waals surface area contributed by atoms with Gasteiger partial charge in [-0.1, -0.05) is 38.0 Å². The molecule has 18 heavy (non-hydrogen) atoms. The van der Waals surface area contributed by atoms with E-state index in [2.05, 4.69) is 54.5 Å². The molecule has 2 heteroatoms. The van der Waals surface area contributed by atoms with Crippen molar-refractivity contribution in [3.05, 3.63) is 41.6 Å². The van der Waals surface area contributed by atoms with Crippen LogP contribution in [0.25, 0.3) is 10.9 Å². The average Bonchev–Trinajstić information content (AvgIpc) is 2.39. The molecule has 1 unspecified atom stereocenters. The Bertz CT molecular complexity index is 519. The van der Waals surface area contributed by atoms with Gasteiger partial charge in [0.15, 0.2) is 0 Å². The minimum absolute atomic E-state index is 0.427. The highest BCUT2D eigenvalue weighted by molar-refractivity contribution is 5.82. The lowest BCUT2D eigenvalue weighted by atomic mass is 9.97. The monoisotopic (exact) mass is 242 g/mol. The highest BCUT2D eigenvalue weighted by Gasteiger charge is 2.13. The fraction of sp³-hybridized carbons (Fsp3) is 0.438. The maximum absolute atomic E-state index is 4.61. The molecule has 0 saturated heterocycles. The third-order valence-electron chi connectivity index (χ3n) is 3.45. The van der Waals surface area contributed by atoms with Crippen molar-refractivity contribution < 1.29 is 0 Å². The van der Waals surface area contributed by atoms with Crippen LogP contribution in [0.4, 0.5) is 0 Å². The Balaban J connectivity index is 2.47. The molecule has 0 aliphatic heterocycles. The quantitative estimate of drug-likeness (QED) is 0.857. The summed E-state index contributed by atoms with van der Waals surface area (Å²) >= 11 is 0. The molecule has 0 aliphatic rings. The van der Waals surface area contributed by atoms with Crippen molar-refractivity contribution in [3.63, 3.8) is 0 Å². The second kappa shape index (κ2) is 5.96. The number of aromatic nitrogens is 1. The first-order chi connectivity index (χ1) is 8.76. The van der Waals surface area contributed by atoms with Gasteiger partial charge >= 0.3 is 0 Å². The van der Waals surface area contributed by atoms with Crippen LogP contribution in [0.2, 0.25) is 0 Å². The van der Waals surface area contributed by atoms with E-state index in [0.29, 0.717) is 6.04 Å². The summed E-state index contributed by atoms with van der Waals surface area (Å²) in [6.07, 6.45) is 3.67. The van der Waals surface area contributed by atoms with E-state index >= 15 is 0 Å². The van der Waals surface area contributed by atoms with E-state index in [-0.39, 0.29) is 0 Å². The van der Waals surface area contributed by atoms with Gasteiger partial charge in [0, 0.05) is 17.1 Å². The Morgan fingerprint density at radius 2 is 2.06 bits per heavy atom. The van der Waals surface area contributed by atoms with E-state index < -0.39 is 0 Å². The van der Waals surface area contributed by atoms with Crippen LogP contribution in [0.5, 0.6) is 0 Å². The summed E-state index contributed by atoms with van der Waals surface area (Å²) in [5, 5.41) is 4.72. The molecular formula is C16H22N2. The summed E-state index contributed by atoms with van der Waals surface area (Å²) in [6, 6.07) is 11.1.